The third-order valence-electron chi connectivity index (χ3n) is 7.44. The molecular weight excluding hydrogens is 518 g/mol. The summed E-state index contributed by atoms with van der Waals surface area (Å²) in [7, 11) is 1.77. The lowest BCUT2D eigenvalue weighted by molar-refractivity contribution is 0.0718. The number of carbonyl (C=O) groups excluding carboxylic acids is 1. The van der Waals surface area contributed by atoms with Crippen molar-refractivity contribution >= 4 is 27.8 Å². The molecule has 1 saturated carbocycles. The standard InChI is InChI=1S/C29H26F2N6O3/c1-36-13-18-17(5-4-7-23(18)35-36)16-11-21(30)19(22(31)12-16)14-37-15-20(26-27(29(37)40)33-10-9-32-26)28(39)34-24-6-2-3-8-25(24)38/h4-5,7,9-13,15,24-25,38H,2-3,6,8,14H2,1H3,(H,34,39)/t24-,25-/m0/s1. The second kappa shape index (κ2) is 10.2. The van der Waals surface area contributed by atoms with Crippen molar-refractivity contribution in [3.05, 3.63) is 88.2 Å². The van der Waals surface area contributed by atoms with Crippen LogP contribution in [0.2, 0.25) is 0 Å². The van der Waals surface area contributed by atoms with Crippen LogP contribution < -0.4 is 10.9 Å². The second-order valence-corrected chi connectivity index (χ2v) is 10.1. The number of aliphatic hydroxyl groups is 1. The maximum absolute atomic E-state index is 15.4. The molecule has 40 heavy (non-hydrogen) atoms. The lowest BCUT2D eigenvalue weighted by atomic mass is 9.92. The molecule has 2 N–H and O–H groups in total. The number of aliphatic hydroxyl groups excluding tert-OH is 1. The number of halogens is 2. The normalized spacial score (nSPS) is 17.4. The average molecular weight is 545 g/mol. The molecule has 0 spiro atoms. The van der Waals surface area contributed by atoms with Crippen LogP contribution in [-0.2, 0) is 13.6 Å². The van der Waals surface area contributed by atoms with Gasteiger partial charge in [0.2, 0.25) is 0 Å². The summed E-state index contributed by atoms with van der Waals surface area (Å²) in [6.07, 6.45) is 7.96. The molecule has 0 saturated heterocycles. The summed E-state index contributed by atoms with van der Waals surface area (Å²) in [5.74, 6) is -2.22. The maximum Gasteiger partial charge on any atom is 0.279 e. The number of benzene rings is 2. The Kier molecular flexibility index (Phi) is 6.59. The van der Waals surface area contributed by atoms with Crippen LogP contribution in [0.4, 0.5) is 8.78 Å². The Balaban J connectivity index is 1.38. The largest absolute Gasteiger partial charge is 0.391 e. The van der Waals surface area contributed by atoms with E-state index in [1.165, 1.54) is 30.7 Å². The van der Waals surface area contributed by atoms with Gasteiger partial charge in [-0.1, -0.05) is 25.0 Å². The molecule has 2 aromatic carbocycles. The van der Waals surface area contributed by atoms with Crippen molar-refractivity contribution < 1.29 is 18.7 Å². The van der Waals surface area contributed by atoms with Crippen LogP contribution in [0.3, 0.4) is 0 Å². The molecule has 1 amide bonds. The minimum absolute atomic E-state index is 0.0289. The maximum atomic E-state index is 15.4. The number of hydrogen-bond acceptors (Lipinski definition) is 6. The molecule has 0 aliphatic heterocycles. The highest BCUT2D eigenvalue weighted by atomic mass is 19.1. The molecule has 5 aromatic rings. The highest BCUT2D eigenvalue weighted by Gasteiger charge is 2.27. The monoisotopic (exact) mass is 544 g/mol. The number of aryl methyl sites for hydroxylation is 1. The molecule has 2 atom stereocenters. The highest BCUT2D eigenvalue weighted by molar-refractivity contribution is 6.04. The van der Waals surface area contributed by atoms with Gasteiger partial charge in [-0.2, -0.15) is 5.10 Å². The SMILES string of the molecule is Cn1cc2c(-c3cc(F)c(Cn4cc(C(=O)N[C@H]5CCCC[C@@H]5O)c5nccnc5c4=O)c(F)c3)cccc2n1. The molecule has 3 heterocycles. The van der Waals surface area contributed by atoms with E-state index >= 15 is 8.78 Å². The summed E-state index contributed by atoms with van der Waals surface area (Å²) in [6.45, 7) is -0.466. The Morgan fingerprint density at radius 2 is 1.80 bits per heavy atom. The van der Waals surface area contributed by atoms with E-state index in [1.807, 2.05) is 6.07 Å². The number of aromatic nitrogens is 5. The van der Waals surface area contributed by atoms with Gasteiger partial charge in [0.15, 0.2) is 5.52 Å². The topological polar surface area (TPSA) is 115 Å². The number of nitrogens with zero attached hydrogens (tertiary/aromatic N) is 5. The van der Waals surface area contributed by atoms with Crippen LogP contribution in [-0.4, -0.2) is 47.5 Å². The minimum Gasteiger partial charge on any atom is -0.391 e. The zero-order valence-corrected chi connectivity index (χ0v) is 21.6. The van der Waals surface area contributed by atoms with Crippen LogP contribution >= 0.6 is 0 Å². The summed E-state index contributed by atoms with van der Waals surface area (Å²) in [4.78, 5) is 34.8. The molecule has 1 aliphatic carbocycles. The van der Waals surface area contributed by atoms with Crippen molar-refractivity contribution in [2.75, 3.05) is 0 Å². The number of fused-ring (bicyclic) bond motifs is 2. The van der Waals surface area contributed by atoms with Gasteiger partial charge in [-0.25, -0.2) is 13.8 Å². The summed E-state index contributed by atoms with van der Waals surface area (Å²) in [6, 6.07) is 7.35. The summed E-state index contributed by atoms with van der Waals surface area (Å²) in [5.41, 5.74) is 0.688. The first-order valence-electron chi connectivity index (χ1n) is 13.0. The number of amides is 1. The number of rotatable bonds is 5. The Morgan fingerprint density at radius 1 is 1.07 bits per heavy atom. The molecule has 0 bridgehead atoms. The number of pyridine rings is 1. The van der Waals surface area contributed by atoms with Gasteiger partial charge in [0.05, 0.1) is 29.8 Å². The van der Waals surface area contributed by atoms with Gasteiger partial charge in [-0.15, -0.1) is 0 Å². The summed E-state index contributed by atoms with van der Waals surface area (Å²) in [5, 5.41) is 18.2. The molecule has 0 radical (unpaired) electrons. The fourth-order valence-corrected chi connectivity index (χ4v) is 5.41. The summed E-state index contributed by atoms with van der Waals surface area (Å²) >= 11 is 0. The number of carbonyl (C=O) groups is 1. The molecule has 9 nitrogen and oxygen atoms in total. The molecule has 11 heteroatoms. The van der Waals surface area contributed by atoms with Crippen LogP contribution in [0, 0.1) is 11.6 Å². The van der Waals surface area contributed by atoms with Crippen molar-refractivity contribution in [1.82, 2.24) is 29.6 Å². The Bertz CT molecular complexity index is 1810. The molecule has 1 aliphatic rings. The molecule has 3 aromatic heterocycles. The first-order valence-corrected chi connectivity index (χ1v) is 13.0. The molecule has 1 fully saturated rings. The van der Waals surface area contributed by atoms with Crippen LogP contribution in [0.1, 0.15) is 41.6 Å². The van der Waals surface area contributed by atoms with Crippen molar-refractivity contribution in [2.24, 2.45) is 7.05 Å². The van der Waals surface area contributed by atoms with Gasteiger partial charge in [-0.05, 0) is 42.2 Å². The zero-order chi connectivity index (χ0) is 28.0. The predicted octanol–water partition coefficient (Wildman–Crippen LogP) is 3.71. The van der Waals surface area contributed by atoms with E-state index in [-0.39, 0.29) is 22.2 Å². The molecular formula is C29H26F2N6O3. The smallest absolute Gasteiger partial charge is 0.279 e. The van der Waals surface area contributed by atoms with Gasteiger partial charge in [0, 0.05) is 42.8 Å². The fourth-order valence-electron chi connectivity index (χ4n) is 5.41. The van der Waals surface area contributed by atoms with Crippen LogP contribution in [0.25, 0.3) is 33.1 Å². The van der Waals surface area contributed by atoms with E-state index in [2.05, 4.69) is 20.4 Å². The van der Waals surface area contributed by atoms with Gasteiger partial charge in [0.25, 0.3) is 11.5 Å². The highest BCUT2D eigenvalue weighted by Crippen LogP contribution is 2.31. The van der Waals surface area contributed by atoms with Crippen LogP contribution in [0.5, 0.6) is 0 Å². The van der Waals surface area contributed by atoms with Crippen molar-refractivity contribution in [2.45, 2.75) is 44.4 Å². The molecule has 6 rings (SSSR count). The first kappa shape index (κ1) is 25.8. The zero-order valence-electron chi connectivity index (χ0n) is 21.6. The lowest BCUT2D eigenvalue weighted by Crippen LogP contribution is -2.45. The van der Waals surface area contributed by atoms with Gasteiger partial charge < -0.3 is 15.0 Å². The average Bonchev–Trinajstić information content (AvgIpc) is 3.33. The van der Waals surface area contributed by atoms with Crippen molar-refractivity contribution in [1.29, 1.82) is 0 Å². The third-order valence-corrected chi connectivity index (χ3v) is 7.44. The van der Waals surface area contributed by atoms with Gasteiger partial charge in [-0.3, -0.25) is 19.3 Å². The lowest BCUT2D eigenvalue weighted by Gasteiger charge is -2.28. The van der Waals surface area contributed by atoms with Crippen molar-refractivity contribution in [3.8, 4) is 11.1 Å². The quantitative estimate of drug-likeness (QED) is 0.349. The number of hydrogen-bond donors (Lipinski definition) is 2. The van der Waals surface area contributed by atoms with E-state index in [9.17, 15) is 14.7 Å². The van der Waals surface area contributed by atoms with E-state index in [4.69, 9.17) is 0 Å². The third kappa shape index (κ3) is 4.62. The van der Waals surface area contributed by atoms with E-state index in [0.29, 0.717) is 29.5 Å². The van der Waals surface area contributed by atoms with E-state index < -0.39 is 41.8 Å². The molecule has 204 valence electrons. The second-order valence-electron chi connectivity index (χ2n) is 10.1. The Hall–Kier alpha value is -4.51. The van der Waals surface area contributed by atoms with Crippen molar-refractivity contribution in [3.63, 3.8) is 0 Å². The van der Waals surface area contributed by atoms with E-state index in [1.54, 1.807) is 30.1 Å². The van der Waals surface area contributed by atoms with Crippen LogP contribution in [0.15, 0.2) is 59.9 Å². The fraction of sp³-hybridized carbons (Fsp3) is 0.276. The van der Waals surface area contributed by atoms with Gasteiger partial charge in [0.1, 0.15) is 17.2 Å². The van der Waals surface area contributed by atoms with Gasteiger partial charge >= 0.3 is 0 Å². The Labute approximate surface area is 227 Å². The first-order chi connectivity index (χ1) is 19.3. The summed E-state index contributed by atoms with van der Waals surface area (Å²) < 4.78 is 33.6. The van der Waals surface area contributed by atoms with E-state index in [0.717, 1.165) is 22.8 Å². The minimum atomic E-state index is -0.835. The molecule has 0 unspecified atom stereocenters. The predicted molar refractivity (Wildman–Crippen MR) is 145 cm³/mol. The Morgan fingerprint density at radius 3 is 2.55 bits per heavy atom. The number of nitrogens with one attached hydrogen (secondary N) is 1.